The van der Waals surface area contributed by atoms with Crippen LogP contribution >= 0.6 is 0 Å². The number of rotatable bonds is 4. The molecule has 0 bridgehead atoms. The van der Waals surface area contributed by atoms with Gasteiger partial charge in [-0.15, -0.1) is 0 Å². The third-order valence-electron chi connectivity index (χ3n) is 3.68. The number of carbonyl (C=O) groups is 1. The van der Waals surface area contributed by atoms with Gasteiger partial charge < -0.3 is 14.4 Å². The van der Waals surface area contributed by atoms with Crippen molar-refractivity contribution >= 4 is 17.0 Å². The molecule has 1 aliphatic rings. The number of hydrogen-bond acceptors (Lipinski definition) is 3. The zero-order chi connectivity index (χ0) is 13.2. The standard InChI is InChI=1S/C14H16N2O3/c17-14(18)11-2-1-3-12-13(11)15-9-16(12)6-4-10-5-7-19-8-10/h1-3,9-10H,4-8H2,(H,17,18). The zero-order valence-corrected chi connectivity index (χ0v) is 10.6. The average molecular weight is 260 g/mol. The number of hydrogen-bond donors (Lipinski definition) is 1. The molecule has 5 heteroatoms. The van der Waals surface area contributed by atoms with Crippen molar-refractivity contribution in [3.8, 4) is 0 Å². The molecule has 0 aliphatic carbocycles. The number of benzene rings is 1. The van der Waals surface area contributed by atoms with Crippen molar-refractivity contribution in [2.45, 2.75) is 19.4 Å². The smallest absolute Gasteiger partial charge is 0.337 e. The van der Waals surface area contributed by atoms with E-state index in [0.717, 1.165) is 38.1 Å². The van der Waals surface area contributed by atoms with Crippen LogP contribution in [0.25, 0.3) is 11.0 Å². The van der Waals surface area contributed by atoms with Crippen molar-refractivity contribution < 1.29 is 14.6 Å². The van der Waals surface area contributed by atoms with Gasteiger partial charge in [0.25, 0.3) is 0 Å². The molecule has 1 unspecified atom stereocenters. The number of aryl methyl sites for hydroxylation is 1. The fourth-order valence-electron chi connectivity index (χ4n) is 2.57. The third kappa shape index (κ3) is 2.33. The number of carboxylic acids is 1. The highest BCUT2D eigenvalue weighted by atomic mass is 16.5. The summed E-state index contributed by atoms with van der Waals surface area (Å²) in [7, 11) is 0. The van der Waals surface area contributed by atoms with E-state index in [0.29, 0.717) is 11.4 Å². The topological polar surface area (TPSA) is 64.3 Å². The van der Waals surface area contributed by atoms with Crippen LogP contribution in [-0.4, -0.2) is 33.8 Å². The van der Waals surface area contributed by atoms with Crippen molar-refractivity contribution in [2.24, 2.45) is 5.92 Å². The Hall–Kier alpha value is -1.88. The van der Waals surface area contributed by atoms with Crippen molar-refractivity contribution in [3.63, 3.8) is 0 Å². The molecule has 100 valence electrons. The lowest BCUT2D eigenvalue weighted by atomic mass is 10.1. The van der Waals surface area contributed by atoms with E-state index >= 15 is 0 Å². The van der Waals surface area contributed by atoms with Crippen LogP contribution in [0.15, 0.2) is 24.5 Å². The molecule has 19 heavy (non-hydrogen) atoms. The minimum atomic E-state index is -0.931. The lowest BCUT2D eigenvalue weighted by Crippen LogP contribution is -2.05. The Morgan fingerprint density at radius 2 is 2.42 bits per heavy atom. The molecule has 3 rings (SSSR count). The Morgan fingerprint density at radius 1 is 1.53 bits per heavy atom. The van der Waals surface area contributed by atoms with Gasteiger partial charge in [-0.3, -0.25) is 0 Å². The molecule has 1 fully saturated rings. The summed E-state index contributed by atoms with van der Waals surface area (Å²) in [5.41, 5.74) is 1.72. The van der Waals surface area contributed by atoms with Gasteiger partial charge in [-0.05, 0) is 30.9 Å². The average Bonchev–Trinajstić information content (AvgIpc) is 3.05. The van der Waals surface area contributed by atoms with Crippen molar-refractivity contribution in [2.75, 3.05) is 13.2 Å². The number of para-hydroxylation sites is 1. The van der Waals surface area contributed by atoms with Crippen molar-refractivity contribution in [1.29, 1.82) is 0 Å². The third-order valence-corrected chi connectivity index (χ3v) is 3.68. The molecule has 1 saturated heterocycles. The minimum absolute atomic E-state index is 0.264. The predicted molar refractivity (Wildman–Crippen MR) is 70.2 cm³/mol. The van der Waals surface area contributed by atoms with E-state index in [4.69, 9.17) is 9.84 Å². The van der Waals surface area contributed by atoms with E-state index in [1.807, 2.05) is 10.6 Å². The van der Waals surface area contributed by atoms with Crippen LogP contribution in [-0.2, 0) is 11.3 Å². The Labute approximate surface area is 110 Å². The largest absolute Gasteiger partial charge is 0.478 e. The quantitative estimate of drug-likeness (QED) is 0.915. The molecule has 1 atom stereocenters. The van der Waals surface area contributed by atoms with Gasteiger partial charge in [0.05, 0.1) is 17.4 Å². The van der Waals surface area contributed by atoms with Crippen molar-refractivity contribution in [3.05, 3.63) is 30.1 Å². The summed E-state index contributed by atoms with van der Waals surface area (Å²) in [6, 6.07) is 5.27. The lowest BCUT2D eigenvalue weighted by molar-refractivity contribution is 0.0699. The Balaban J connectivity index is 1.84. The van der Waals surface area contributed by atoms with E-state index in [-0.39, 0.29) is 5.56 Å². The second-order valence-corrected chi connectivity index (χ2v) is 4.93. The van der Waals surface area contributed by atoms with Crippen LogP contribution in [0.1, 0.15) is 23.2 Å². The lowest BCUT2D eigenvalue weighted by Gasteiger charge is -2.08. The molecule has 0 radical (unpaired) electrons. The summed E-state index contributed by atoms with van der Waals surface area (Å²) in [5, 5.41) is 9.13. The molecule has 2 heterocycles. The molecule has 0 spiro atoms. The number of aromatic nitrogens is 2. The molecule has 5 nitrogen and oxygen atoms in total. The van der Waals surface area contributed by atoms with E-state index in [1.54, 1.807) is 18.5 Å². The molecule has 0 amide bonds. The van der Waals surface area contributed by atoms with Gasteiger partial charge in [-0.2, -0.15) is 0 Å². The first kappa shape index (κ1) is 12.2. The van der Waals surface area contributed by atoms with Gasteiger partial charge in [0.15, 0.2) is 0 Å². The predicted octanol–water partition coefficient (Wildman–Crippen LogP) is 2.16. The van der Waals surface area contributed by atoms with Crippen LogP contribution in [0, 0.1) is 5.92 Å². The normalized spacial score (nSPS) is 19.1. The summed E-state index contributed by atoms with van der Waals surface area (Å²) in [4.78, 5) is 15.4. The molecule has 1 N–H and O–H groups in total. The van der Waals surface area contributed by atoms with E-state index < -0.39 is 5.97 Å². The van der Waals surface area contributed by atoms with Crippen LogP contribution in [0.5, 0.6) is 0 Å². The van der Waals surface area contributed by atoms with Gasteiger partial charge in [-0.25, -0.2) is 9.78 Å². The summed E-state index contributed by atoms with van der Waals surface area (Å²) in [6.45, 7) is 2.55. The van der Waals surface area contributed by atoms with Crippen LogP contribution in [0.2, 0.25) is 0 Å². The summed E-state index contributed by atoms with van der Waals surface area (Å²) < 4.78 is 7.39. The summed E-state index contributed by atoms with van der Waals surface area (Å²) >= 11 is 0. The molecular formula is C14H16N2O3. The Morgan fingerprint density at radius 3 is 3.16 bits per heavy atom. The molecule has 1 aromatic heterocycles. The molecular weight excluding hydrogens is 244 g/mol. The number of nitrogens with zero attached hydrogens (tertiary/aromatic N) is 2. The van der Waals surface area contributed by atoms with Gasteiger partial charge in [0.1, 0.15) is 5.52 Å². The van der Waals surface area contributed by atoms with E-state index in [9.17, 15) is 4.79 Å². The maximum absolute atomic E-state index is 11.1. The first-order chi connectivity index (χ1) is 9.25. The highest BCUT2D eigenvalue weighted by molar-refractivity contribution is 6.00. The second-order valence-electron chi connectivity index (χ2n) is 4.93. The monoisotopic (exact) mass is 260 g/mol. The van der Waals surface area contributed by atoms with E-state index in [2.05, 4.69) is 4.98 Å². The Bertz CT molecular complexity index is 600. The highest BCUT2D eigenvalue weighted by Crippen LogP contribution is 2.21. The first-order valence-electron chi connectivity index (χ1n) is 6.50. The number of fused-ring (bicyclic) bond motifs is 1. The zero-order valence-electron chi connectivity index (χ0n) is 10.6. The van der Waals surface area contributed by atoms with Gasteiger partial charge >= 0.3 is 5.97 Å². The SMILES string of the molecule is O=C(O)c1cccc2c1ncn2CCC1CCOC1. The first-order valence-corrected chi connectivity index (χ1v) is 6.50. The molecule has 1 aliphatic heterocycles. The van der Waals surface area contributed by atoms with Crippen LogP contribution in [0.4, 0.5) is 0 Å². The van der Waals surface area contributed by atoms with Gasteiger partial charge in [0, 0.05) is 19.8 Å². The van der Waals surface area contributed by atoms with Gasteiger partial charge in [0.2, 0.25) is 0 Å². The molecule has 2 aromatic rings. The highest BCUT2D eigenvalue weighted by Gasteiger charge is 2.17. The fourth-order valence-corrected chi connectivity index (χ4v) is 2.57. The summed E-state index contributed by atoms with van der Waals surface area (Å²) in [5.74, 6) is -0.319. The fraction of sp³-hybridized carbons (Fsp3) is 0.429. The summed E-state index contributed by atoms with van der Waals surface area (Å²) in [6.07, 6.45) is 3.89. The second kappa shape index (κ2) is 5.01. The maximum atomic E-state index is 11.1. The Kier molecular flexibility index (Phi) is 3.21. The maximum Gasteiger partial charge on any atom is 0.337 e. The van der Waals surface area contributed by atoms with Crippen molar-refractivity contribution in [1.82, 2.24) is 9.55 Å². The number of carboxylic acid groups (broad SMARTS) is 1. The van der Waals surface area contributed by atoms with Gasteiger partial charge in [-0.1, -0.05) is 6.07 Å². The van der Waals surface area contributed by atoms with Crippen LogP contribution in [0.3, 0.4) is 0 Å². The molecule has 1 aromatic carbocycles. The van der Waals surface area contributed by atoms with Crippen LogP contribution < -0.4 is 0 Å². The number of imidazole rings is 1. The number of aromatic carboxylic acids is 1. The minimum Gasteiger partial charge on any atom is -0.478 e. The number of ether oxygens (including phenoxy) is 1. The van der Waals surface area contributed by atoms with E-state index in [1.165, 1.54) is 0 Å². The molecule has 0 saturated carbocycles.